The zero-order valence-electron chi connectivity index (χ0n) is 12.5. The lowest BCUT2D eigenvalue weighted by atomic mass is 10.1. The molecule has 0 spiro atoms. The van der Waals surface area contributed by atoms with Gasteiger partial charge in [-0.2, -0.15) is 0 Å². The smallest absolute Gasteiger partial charge is 0.141 e. The Balaban J connectivity index is 1.85. The Hall–Kier alpha value is -3.28. The summed E-state index contributed by atoms with van der Waals surface area (Å²) >= 11 is 0. The van der Waals surface area contributed by atoms with Crippen LogP contribution in [0.3, 0.4) is 0 Å². The third-order valence-corrected chi connectivity index (χ3v) is 3.33. The number of rotatable bonds is 4. The molecule has 0 unspecified atom stereocenters. The normalized spacial score (nSPS) is 10.3. The summed E-state index contributed by atoms with van der Waals surface area (Å²) in [5.74, 6) is 1.49. The van der Waals surface area contributed by atoms with Gasteiger partial charge in [-0.05, 0) is 42.5 Å². The number of aromatic hydroxyl groups is 1. The lowest BCUT2D eigenvalue weighted by Crippen LogP contribution is -1.98. The van der Waals surface area contributed by atoms with Crippen LogP contribution in [0.2, 0.25) is 0 Å². The molecule has 0 saturated heterocycles. The highest BCUT2D eigenvalue weighted by Gasteiger charge is 2.05. The third-order valence-electron chi connectivity index (χ3n) is 3.33. The van der Waals surface area contributed by atoms with Crippen LogP contribution in [0.4, 0.5) is 17.2 Å². The Morgan fingerprint density at radius 2 is 1.83 bits per heavy atom. The number of nitrogens with zero attached hydrogens (tertiary/aromatic N) is 2. The predicted molar refractivity (Wildman–Crippen MR) is 89.8 cm³/mol. The fraction of sp³-hybridized carbons (Fsp3) is 0.0588. The van der Waals surface area contributed by atoms with Crippen molar-refractivity contribution in [1.82, 2.24) is 9.97 Å². The summed E-state index contributed by atoms with van der Waals surface area (Å²) in [4.78, 5) is 8.45. The van der Waals surface area contributed by atoms with Crippen LogP contribution in [-0.2, 0) is 0 Å². The fourth-order valence-electron chi connectivity index (χ4n) is 2.18. The summed E-state index contributed by atoms with van der Waals surface area (Å²) in [6.07, 6.45) is 1.48. The number of nitrogens with two attached hydrogens (primary N) is 1. The zero-order chi connectivity index (χ0) is 16.2. The molecule has 0 aliphatic rings. The summed E-state index contributed by atoms with van der Waals surface area (Å²) in [5, 5.41) is 12.5. The van der Waals surface area contributed by atoms with Crippen LogP contribution in [0.25, 0.3) is 11.3 Å². The first-order valence-corrected chi connectivity index (χ1v) is 6.98. The molecule has 0 aliphatic carbocycles. The van der Waals surface area contributed by atoms with E-state index in [9.17, 15) is 5.11 Å². The van der Waals surface area contributed by atoms with E-state index in [1.165, 1.54) is 6.33 Å². The first kappa shape index (κ1) is 14.6. The third kappa shape index (κ3) is 3.32. The standard InChI is InChI=1S/C17H16N4O2/c1-23-16-7-4-12(8-14(16)18)21-17-9-15(19-10-20-17)11-2-5-13(22)6-3-11/h2-10,22H,18H2,1H3,(H,19,20,21). The van der Waals surface area contributed by atoms with E-state index in [1.807, 2.05) is 12.1 Å². The number of nitrogens with one attached hydrogen (secondary N) is 1. The molecule has 4 N–H and O–H groups in total. The van der Waals surface area contributed by atoms with Gasteiger partial charge >= 0.3 is 0 Å². The van der Waals surface area contributed by atoms with E-state index < -0.39 is 0 Å². The van der Waals surface area contributed by atoms with Gasteiger partial charge in [0.15, 0.2) is 0 Å². The van der Waals surface area contributed by atoms with Crippen molar-refractivity contribution >= 4 is 17.2 Å². The summed E-state index contributed by atoms with van der Waals surface area (Å²) in [7, 11) is 1.58. The maximum atomic E-state index is 9.35. The maximum absolute atomic E-state index is 9.35. The molecular formula is C17H16N4O2. The van der Waals surface area contributed by atoms with E-state index in [0.717, 1.165) is 16.9 Å². The summed E-state index contributed by atoms with van der Waals surface area (Å²) < 4.78 is 5.14. The molecule has 0 saturated carbocycles. The van der Waals surface area contributed by atoms with Crippen molar-refractivity contribution in [3.8, 4) is 22.8 Å². The van der Waals surface area contributed by atoms with Crippen LogP contribution >= 0.6 is 0 Å². The van der Waals surface area contributed by atoms with E-state index in [0.29, 0.717) is 17.3 Å². The van der Waals surface area contributed by atoms with Gasteiger partial charge in [0.1, 0.15) is 23.6 Å². The second-order valence-electron chi connectivity index (χ2n) is 4.92. The van der Waals surface area contributed by atoms with E-state index in [1.54, 1.807) is 43.5 Å². The number of methoxy groups -OCH3 is 1. The Morgan fingerprint density at radius 1 is 1.04 bits per heavy atom. The van der Waals surface area contributed by atoms with Gasteiger partial charge in [-0.3, -0.25) is 0 Å². The van der Waals surface area contributed by atoms with Crippen molar-refractivity contribution in [3.63, 3.8) is 0 Å². The van der Waals surface area contributed by atoms with Crippen molar-refractivity contribution in [3.05, 3.63) is 54.9 Å². The van der Waals surface area contributed by atoms with Gasteiger partial charge in [-0.25, -0.2) is 9.97 Å². The number of phenolic OH excluding ortho intramolecular Hbond substituents is 1. The number of benzene rings is 2. The van der Waals surface area contributed by atoms with Gasteiger partial charge < -0.3 is 20.9 Å². The molecule has 1 aromatic heterocycles. The molecule has 0 radical (unpaired) electrons. The molecule has 1 heterocycles. The average molecular weight is 308 g/mol. The summed E-state index contributed by atoms with van der Waals surface area (Å²) in [6, 6.07) is 14.1. The van der Waals surface area contributed by atoms with E-state index in [2.05, 4.69) is 15.3 Å². The number of hydrogen-bond donors (Lipinski definition) is 3. The molecule has 23 heavy (non-hydrogen) atoms. The fourth-order valence-corrected chi connectivity index (χ4v) is 2.18. The largest absolute Gasteiger partial charge is 0.508 e. The second-order valence-corrected chi connectivity index (χ2v) is 4.92. The minimum absolute atomic E-state index is 0.217. The van der Waals surface area contributed by atoms with Crippen LogP contribution in [0.1, 0.15) is 0 Å². The maximum Gasteiger partial charge on any atom is 0.141 e. The van der Waals surface area contributed by atoms with Gasteiger partial charge in [-0.1, -0.05) is 0 Å². The van der Waals surface area contributed by atoms with Crippen LogP contribution in [0, 0.1) is 0 Å². The van der Waals surface area contributed by atoms with E-state index >= 15 is 0 Å². The number of aromatic nitrogens is 2. The lowest BCUT2D eigenvalue weighted by molar-refractivity contribution is 0.417. The van der Waals surface area contributed by atoms with Crippen molar-refractivity contribution in [1.29, 1.82) is 0 Å². The van der Waals surface area contributed by atoms with Gasteiger partial charge in [0.25, 0.3) is 0 Å². The number of anilines is 3. The van der Waals surface area contributed by atoms with Gasteiger partial charge in [0.2, 0.25) is 0 Å². The Labute approximate surface area is 133 Å². The second kappa shape index (κ2) is 6.23. The summed E-state index contributed by atoms with van der Waals surface area (Å²) in [6.45, 7) is 0. The first-order chi connectivity index (χ1) is 11.2. The van der Waals surface area contributed by atoms with E-state index in [-0.39, 0.29) is 5.75 Å². The molecule has 0 atom stereocenters. The summed E-state index contributed by atoms with van der Waals surface area (Å²) in [5.41, 5.74) is 8.90. The SMILES string of the molecule is COc1ccc(Nc2cc(-c3ccc(O)cc3)ncn2)cc1N. The van der Waals surface area contributed by atoms with Crippen LogP contribution < -0.4 is 15.8 Å². The monoisotopic (exact) mass is 308 g/mol. The van der Waals surface area contributed by atoms with Crippen LogP contribution in [0.15, 0.2) is 54.9 Å². The van der Waals surface area contributed by atoms with Gasteiger partial charge in [-0.15, -0.1) is 0 Å². The molecule has 6 nitrogen and oxygen atoms in total. The Morgan fingerprint density at radius 3 is 2.52 bits per heavy atom. The Bertz CT molecular complexity index is 819. The van der Waals surface area contributed by atoms with Gasteiger partial charge in [0.05, 0.1) is 18.5 Å². The van der Waals surface area contributed by atoms with Crippen LogP contribution in [0.5, 0.6) is 11.5 Å². The van der Waals surface area contributed by atoms with Crippen molar-refractivity contribution in [2.45, 2.75) is 0 Å². The molecule has 3 aromatic rings. The number of nitrogen functional groups attached to an aromatic ring is 1. The van der Waals surface area contributed by atoms with Crippen molar-refractivity contribution < 1.29 is 9.84 Å². The van der Waals surface area contributed by atoms with Crippen LogP contribution in [-0.4, -0.2) is 22.2 Å². The number of hydrogen-bond acceptors (Lipinski definition) is 6. The predicted octanol–water partition coefficient (Wildman–Crippen LogP) is 3.18. The molecule has 3 rings (SSSR count). The average Bonchev–Trinajstić information content (AvgIpc) is 2.56. The highest BCUT2D eigenvalue weighted by atomic mass is 16.5. The van der Waals surface area contributed by atoms with Crippen molar-refractivity contribution in [2.24, 2.45) is 0 Å². The van der Waals surface area contributed by atoms with Crippen molar-refractivity contribution in [2.75, 3.05) is 18.2 Å². The highest BCUT2D eigenvalue weighted by Crippen LogP contribution is 2.27. The molecule has 0 aliphatic heterocycles. The number of ether oxygens (including phenoxy) is 1. The van der Waals surface area contributed by atoms with Gasteiger partial charge in [0, 0.05) is 17.3 Å². The topological polar surface area (TPSA) is 93.3 Å². The molecule has 0 fully saturated rings. The zero-order valence-corrected chi connectivity index (χ0v) is 12.5. The quantitative estimate of drug-likeness (QED) is 0.641. The lowest BCUT2D eigenvalue weighted by Gasteiger charge is -2.10. The molecule has 0 bridgehead atoms. The highest BCUT2D eigenvalue weighted by molar-refractivity contribution is 5.69. The molecular weight excluding hydrogens is 292 g/mol. The number of phenols is 1. The molecule has 2 aromatic carbocycles. The first-order valence-electron chi connectivity index (χ1n) is 6.98. The molecule has 6 heteroatoms. The van der Waals surface area contributed by atoms with E-state index in [4.69, 9.17) is 10.5 Å². The molecule has 116 valence electrons. The molecule has 0 amide bonds. The minimum atomic E-state index is 0.217. The Kier molecular flexibility index (Phi) is 3.97. The minimum Gasteiger partial charge on any atom is -0.508 e.